The molecule has 1 nitrogen and oxygen atoms in total. The molecule has 0 unspecified atom stereocenters. The van der Waals surface area contributed by atoms with Crippen LogP contribution >= 0.6 is 0 Å². The van der Waals surface area contributed by atoms with Crippen molar-refractivity contribution in [1.82, 2.24) is 4.90 Å². The Bertz CT molecular complexity index is 358. The first-order valence-corrected chi connectivity index (χ1v) is 10.1. The monoisotopic (exact) mass is 247 g/mol. The van der Waals surface area contributed by atoms with Crippen LogP contribution in [0.5, 0.6) is 0 Å². The Morgan fingerprint density at radius 2 is 1.59 bits per heavy atom. The molecule has 0 aliphatic carbocycles. The number of rotatable bonds is 5. The Labute approximate surface area is 107 Å². The minimum atomic E-state index is -1.20. The smallest absolute Gasteiger partial charge is 0.0714 e. The average molecular weight is 247 g/mol. The largest absolute Gasteiger partial charge is 0.372 e. The lowest BCUT2D eigenvalue weighted by Crippen LogP contribution is -2.26. The van der Waals surface area contributed by atoms with Gasteiger partial charge in [-0.2, -0.15) is 0 Å². The quantitative estimate of drug-likeness (QED) is 0.703. The predicted octanol–water partition coefficient (Wildman–Crippen LogP) is 4.25. The fourth-order valence-electron chi connectivity index (χ4n) is 1.94. The van der Waals surface area contributed by atoms with Gasteiger partial charge in [-0.3, -0.25) is 0 Å². The normalized spacial score (nSPS) is 12.6. The van der Waals surface area contributed by atoms with E-state index < -0.39 is 8.07 Å². The van der Waals surface area contributed by atoms with Crippen LogP contribution in [0.3, 0.4) is 0 Å². The lowest BCUT2D eigenvalue weighted by atomic mass is 10.1. The molecule has 2 heteroatoms. The van der Waals surface area contributed by atoms with Gasteiger partial charge < -0.3 is 4.90 Å². The van der Waals surface area contributed by atoms with Crippen LogP contribution in [-0.2, 0) is 0 Å². The highest BCUT2D eigenvalue weighted by Crippen LogP contribution is 2.21. The third kappa shape index (κ3) is 4.39. The topological polar surface area (TPSA) is 3.24 Å². The summed E-state index contributed by atoms with van der Waals surface area (Å²) in [6.45, 7) is 13.8. The average Bonchev–Trinajstić information content (AvgIpc) is 2.29. The standard InChI is InChI=1S/C15H25NSi/c1-6-16(7-2)15(13-17(3,4)5)14-11-9-8-10-12-14/h8-13H,6-7H2,1-5H3. The molecule has 0 saturated carbocycles. The van der Waals surface area contributed by atoms with Gasteiger partial charge in [-0.05, 0) is 19.4 Å². The van der Waals surface area contributed by atoms with Gasteiger partial charge in [-0.25, -0.2) is 0 Å². The van der Waals surface area contributed by atoms with Crippen molar-refractivity contribution in [2.45, 2.75) is 33.5 Å². The second-order valence-electron chi connectivity index (χ2n) is 5.43. The molecule has 0 spiro atoms. The molecule has 0 N–H and O–H groups in total. The minimum absolute atomic E-state index is 1.07. The summed E-state index contributed by atoms with van der Waals surface area (Å²) >= 11 is 0. The van der Waals surface area contributed by atoms with Crippen molar-refractivity contribution < 1.29 is 0 Å². The van der Waals surface area contributed by atoms with E-state index in [0.717, 1.165) is 13.1 Å². The van der Waals surface area contributed by atoms with Crippen LogP contribution in [0.15, 0.2) is 36.0 Å². The number of nitrogens with zero attached hydrogens (tertiary/aromatic N) is 1. The van der Waals surface area contributed by atoms with Gasteiger partial charge in [0.05, 0.1) is 8.07 Å². The van der Waals surface area contributed by atoms with E-state index in [-0.39, 0.29) is 0 Å². The van der Waals surface area contributed by atoms with E-state index in [1.165, 1.54) is 11.3 Å². The molecule has 94 valence electrons. The summed E-state index contributed by atoms with van der Waals surface area (Å²) in [4.78, 5) is 2.45. The van der Waals surface area contributed by atoms with E-state index in [2.05, 4.69) is 74.4 Å². The summed E-state index contributed by atoms with van der Waals surface area (Å²) in [6, 6.07) is 10.8. The molecule has 0 aromatic heterocycles. The summed E-state index contributed by atoms with van der Waals surface area (Å²) in [6.07, 6.45) is 0. The molecule has 0 radical (unpaired) electrons. The first-order chi connectivity index (χ1) is 7.98. The molecule has 1 aromatic rings. The molecule has 1 rings (SSSR count). The van der Waals surface area contributed by atoms with Crippen LogP contribution in [0.25, 0.3) is 5.70 Å². The van der Waals surface area contributed by atoms with Crippen LogP contribution in [0.2, 0.25) is 19.6 Å². The minimum Gasteiger partial charge on any atom is -0.372 e. The van der Waals surface area contributed by atoms with Crippen molar-refractivity contribution in [3.05, 3.63) is 41.6 Å². The predicted molar refractivity (Wildman–Crippen MR) is 80.7 cm³/mol. The summed E-state index contributed by atoms with van der Waals surface area (Å²) in [7, 11) is -1.20. The molecule has 0 heterocycles. The van der Waals surface area contributed by atoms with Crippen LogP contribution < -0.4 is 0 Å². The van der Waals surface area contributed by atoms with Crippen molar-refractivity contribution in [1.29, 1.82) is 0 Å². The summed E-state index contributed by atoms with van der Waals surface area (Å²) in [5.41, 5.74) is 5.27. The Morgan fingerprint density at radius 3 is 2.00 bits per heavy atom. The maximum atomic E-state index is 2.51. The van der Waals surface area contributed by atoms with Gasteiger partial charge in [-0.15, -0.1) is 0 Å². The zero-order chi connectivity index (χ0) is 12.9. The highest BCUT2D eigenvalue weighted by molar-refractivity contribution is 6.81. The fourth-order valence-corrected chi connectivity index (χ4v) is 3.11. The Hall–Kier alpha value is -1.02. The maximum Gasteiger partial charge on any atom is 0.0714 e. The SMILES string of the molecule is CCN(CC)C(=C[Si](C)(C)C)c1ccccc1. The molecule has 0 fully saturated rings. The van der Waals surface area contributed by atoms with E-state index in [0.29, 0.717) is 0 Å². The van der Waals surface area contributed by atoms with E-state index >= 15 is 0 Å². The molecule has 0 aliphatic heterocycles. The first-order valence-electron chi connectivity index (χ1n) is 6.51. The van der Waals surface area contributed by atoms with Crippen LogP contribution in [0.1, 0.15) is 19.4 Å². The van der Waals surface area contributed by atoms with Crippen molar-refractivity contribution >= 4 is 13.8 Å². The van der Waals surface area contributed by atoms with Crippen LogP contribution in [0.4, 0.5) is 0 Å². The Balaban J connectivity index is 3.16. The van der Waals surface area contributed by atoms with Crippen molar-refractivity contribution in [3.63, 3.8) is 0 Å². The van der Waals surface area contributed by atoms with E-state index in [1.54, 1.807) is 0 Å². The van der Waals surface area contributed by atoms with Gasteiger partial charge >= 0.3 is 0 Å². The fraction of sp³-hybridized carbons (Fsp3) is 0.467. The molecule has 0 amide bonds. The molecule has 0 aliphatic rings. The summed E-state index contributed by atoms with van der Waals surface area (Å²) in [5.74, 6) is 0. The third-order valence-electron chi connectivity index (χ3n) is 2.74. The molecular formula is C15H25NSi. The lowest BCUT2D eigenvalue weighted by molar-refractivity contribution is 0.442. The van der Waals surface area contributed by atoms with Crippen LogP contribution in [0, 0.1) is 0 Å². The van der Waals surface area contributed by atoms with Gasteiger partial charge in [0.2, 0.25) is 0 Å². The van der Waals surface area contributed by atoms with Crippen molar-refractivity contribution in [3.8, 4) is 0 Å². The summed E-state index contributed by atoms with van der Waals surface area (Å²) in [5, 5.41) is 0. The van der Waals surface area contributed by atoms with E-state index in [1.807, 2.05) is 0 Å². The third-order valence-corrected chi connectivity index (χ3v) is 3.88. The maximum absolute atomic E-state index is 2.51. The zero-order valence-electron chi connectivity index (χ0n) is 11.8. The Morgan fingerprint density at radius 1 is 1.06 bits per heavy atom. The van der Waals surface area contributed by atoms with E-state index in [9.17, 15) is 0 Å². The second-order valence-corrected chi connectivity index (χ2v) is 10.5. The van der Waals surface area contributed by atoms with Gasteiger partial charge in [0.25, 0.3) is 0 Å². The lowest BCUT2D eigenvalue weighted by Gasteiger charge is -2.27. The van der Waals surface area contributed by atoms with Gasteiger partial charge in [0.15, 0.2) is 0 Å². The molecule has 0 atom stereocenters. The second kappa shape index (κ2) is 6.06. The van der Waals surface area contributed by atoms with Gasteiger partial charge in [0, 0.05) is 18.8 Å². The number of hydrogen-bond donors (Lipinski definition) is 0. The highest BCUT2D eigenvalue weighted by Gasteiger charge is 2.15. The number of hydrogen-bond acceptors (Lipinski definition) is 1. The molecule has 0 saturated heterocycles. The molecule has 1 aromatic carbocycles. The molecular weight excluding hydrogens is 222 g/mol. The molecule has 0 bridgehead atoms. The number of benzene rings is 1. The zero-order valence-corrected chi connectivity index (χ0v) is 12.8. The van der Waals surface area contributed by atoms with Crippen molar-refractivity contribution in [2.24, 2.45) is 0 Å². The van der Waals surface area contributed by atoms with Gasteiger partial charge in [-0.1, -0.05) is 55.7 Å². The first kappa shape index (κ1) is 14.0. The summed E-state index contributed by atoms with van der Waals surface area (Å²) < 4.78 is 0. The van der Waals surface area contributed by atoms with E-state index in [4.69, 9.17) is 0 Å². The van der Waals surface area contributed by atoms with Gasteiger partial charge in [0.1, 0.15) is 0 Å². The van der Waals surface area contributed by atoms with Crippen molar-refractivity contribution in [2.75, 3.05) is 13.1 Å². The Kier molecular flexibility index (Phi) is 5.00. The molecule has 17 heavy (non-hydrogen) atoms. The highest BCUT2D eigenvalue weighted by atomic mass is 28.3. The van der Waals surface area contributed by atoms with Crippen LogP contribution in [-0.4, -0.2) is 26.1 Å².